The van der Waals surface area contributed by atoms with Crippen LogP contribution in [-0.4, -0.2) is 0 Å². The summed E-state index contributed by atoms with van der Waals surface area (Å²) in [6.07, 6.45) is 0. The third-order valence-electron chi connectivity index (χ3n) is 8.84. The van der Waals surface area contributed by atoms with E-state index in [0.29, 0.717) is 0 Å². The quantitative estimate of drug-likeness (QED) is 0.188. The fourth-order valence-electron chi connectivity index (χ4n) is 6.76. The Morgan fingerprint density at radius 3 is 1.89 bits per heavy atom. The van der Waals surface area contributed by atoms with Crippen LogP contribution < -0.4 is 4.90 Å². The van der Waals surface area contributed by atoms with E-state index in [1.165, 1.54) is 69.3 Å². The number of thiophene rings is 1. The van der Waals surface area contributed by atoms with Crippen LogP contribution in [0, 0.1) is 0 Å². The number of benzene rings is 8. The second-order valence-corrected chi connectivity index (χ2v) is 12.4. The topological polar surface area (TPSA) is 3.24 Å². The SMILES string of the molecule is c1ccc(-c2ccc(N(c3ccc4c(c3)sc3ccccc34)c3cccc4ccc5c6ccccc6ccc5c34)cc2)cc1. The van der Waals surface area contributed by atoms with Crippen LogP contribution in [0.5, 0.6) is 0 Å². The van der Waals surface area contributed by atoms with Crippen molar-refractivity contribution in [1.29, 1.82) is 0 Å². The fraction of sp³-hybridized carbons (Fsp3) is 0. The van der Waals surface area contributed by atoms with Crippen molar-refractivity contribution in [1.82, 2.24) is 0 Å². The molecule has 1 aromatic heterocycles. The number of anilines is 3. The van der Waals surface area contributed by atoms with E-state index in [0.717, 1.165) is 11.4 Å². The number of nitrogens with zero attached hydrogens (tertiary/aromatic N) is 1. The molecule has 9 aromatic rings. The van der Waals surface area contributed by atoms with E-state index in [1.807, 2.05) is 11.3 Å². The van der Waals surface area contributed by atoms with Crippen LogP contribution in [0.3, 0.4) is 0 Å². The number of hydrogen-bond acceptors (Lipinski definition) is 2. The second kappa shape index (κ2) is 10.1. The molecule has 0 N–H and O–H groups in total. The van der Waals surface area contributed by atoms with Gasteiger partial charge in [-0.25, -0.2) is 0 Å². The predicted molar refractivity (Wildman–Crippen MR) is 192 cm³/mol. The van der Waals surface area contributed by atoms with Crippen LogP contribution in [0.1, 0.15) is 0 Å². The molecule has 0 saturated carbocycles. The summed E-state index contributed by atoms with van der Waals surface area (Å²) in [7, 11) is 0. The first-order chi connectivity index (χ1) is 21.8. The molecule has 0 aliphatic rings. The van der Waals surface area contributed by atoms with Gasteiger partial charge in [0.2, 0.25) is 0 Å². The van der Waals surface area contributed by atoms with Gasteiger partial charge in [-0.3, -0.25) is 0 Å². The highest BCUT2D eigenvalue weighted by molar-refractivity contribution is 7.25. The summed E-state index contributed by atoms with van der Waals surface area (Å²) in [6.45, 7) is 0. The molecule has 0 atom stereocenters. The Morgan fingerprint density at radius 1 is 0.364 bits per heavy atom. The number of hydrogen-bond donors (Lipinski definition) is 0. The fourth-order valence-corrected chi connectivity index (χ4v) is 7.90. The summed E-state index contributed by atoms with van der Waals surface area (Å²) in [6, 6.07) is 59.8. The van der Waals surface area contributed by atoms with Gasteiger partial charge in [0.25, 0.3) is 0 Å². The molecule has 0 aliphatic carbocycles. The maximum atomic E-state index is 2.44. The molecule has 0 unspecified atom stereocenters. The molecule has 0 amide bonds. The van der Waals surface area contributed by atoms with Crippen molar-refractivity contribution in [2.75, 3.05) is 4.90 Å². The van der Waals surface area contributed by atoms with Crippen molar-refractivity contribution >= 4 is 80.9 Å². The highest BCUT2D eigenvalue weighted by Crippen LogP contribution is 2.45. The summed E-state index contributed by atoms with van der Waals surface area (Å²) in [5.41, 5.74) is 5.90. The first-order valence-corrected chi connectivity index (χ1v) is 15.8. The minimum absolute atomic E-state index is 1.13. The van der Waals surface area contributed by atoms with E-state index in [9.17, 15) is 0 Å². The lowest BCUT2D eigenvalue weighted by Gasteiger charge is -2.28. The van der Waals surface area contributed by atoms with Gasteiger partial charge in [-0.15, -0.1) is 11.3 Å². The van der Waals surface area contributed by atoms with Crippen LogP contribution in [0.15, 0.2) is 164 Å². The Hall–Kier alpha value is -5.44. The average molecular weight is 578 g/mol. The van der Waals surface area contributed by atoms with E-state index < -0.39 is 0 Å². The Kier molecular flexibility index (Phi) is 5.75. The Labute approximate surface area is 259 Å². The lowest BCUT2D eigenvalue weighted by Crippen LogP contribution is -2.10. The zero-order valence-electron chi connectivity index (χ0n) is 23.9. The molecular formula is C42H27NS. The van der Waals surface area contributed by atoms with Crippen LogP contribution in [-0.2, 0) is 0 Å². The second-order valence-electron chi connectivity index (χ2n) is 11.3. The van der Waals surface area contributed by atoms with Crippen LogP contribution in [0.2, 0.25) is 0 Å². The normalized spacial score (nSPS) is 11.6. The maximum Gasteiger partial charge on any atom is 0.0546 e. The minimum atomic E-state index is 1.13. The number of fused-ring (bicyclic) bond motifs is 8. The molecule has 0 spiro atoms. The van der Waals surface area contributed by atoms with Crippen LogP contribution >= 0.6 is 11.3 Å². The van der Waals surface area contributed by atoms with E-state index >= 15 is 0 Å². The smallest absolute Gasteiger partial charge is 0.0546 e. The average Bonchev–Trinajstić information content (AvgIpc) is 3.47. The highest BCUT2D eigenvalue weighted by Gasteiger charge is 2.19. The van der Waals surface area contributed by atoms with Crippen molar-refractivity contribution in [2.45, 2.75) is 0 Å². The van der Waals surface area contributed by atoms with Gasteiger partial charge in [0.15, 0.2) is 0 Å². The van der Waals surface area contributed by atoms with Crippen molar-refractivity contribution < 1.29 is 0 Å². The molecule has 2 heteroatoms. The summed E-state index contributed by atoms with van der Waals surface area (Å²) >= 11 is 1.86. The van der Waals surface area contributed by atoms with Gasteiger partial charge in [0.05, 0.1) is 5.69 Å². The molecule has 44 heavy (non-hydrogen) atoms. The zero-order valence-corrected chi connectivity index (χ0v) is 24.8. The molecule has 0 bridgehead atoms. The van der Waals surface area contributed by atoms with Gasteiger partial charge in [-0.05, 0) is 74.5 Å². The van der Waals surface area contributed by atoms with Gasteiger partial charge >= 0.3 is 0 Å². The predicted octanol–water partition coefficient (Wildman–Crippen LogP) is 12.7. The molecule has 9 rings (SSSR count). The largest absolute Gasteiger partial charge is 0.310 e. The Balaban J connectivity index is 1.31. The summed E-state index contributed by atoms with van der Waals surface area (Å²) in [4.78, 5) is 2.44. The lowest BCUT2D eigenvalue weighted by molar-refractivity contribution is 1.31. The highest BCUT2D eigenvalue weighted by atomic mass is 32.1. The van der Waals surface area contributed by atoms with E-state index in [1.54, 1.807) is 0 Å². The molecule has 0 saturated heterocycles. The van der Waals surface area contributed by atoms with Gasteiger partial charge in [-0.2, -0.15) is 0 Å². The van der Waals surface area contributed by atoms with E-state index in [2.05, 4.69) is 169 Å². The molecule has 0 aliphatic heterocycles. The van der Waals surface area contributed by atoms with Crippen LogP contribution in [0.25, 0.3) is 63.6 Å². The zero-order chi connectivity index (χ0) is 29.0. The molecule has 8 aromatic carbocycles. The summed E-state index contributed by atoms with van der Waals surface area (Å²) in [5.74, 6) is 0. The Morgan fingerprint density at radius 2 is 1.00 bits per heavy atom. The van der Waals surface area contributed by atoms with Gasteiger partial charge in [0.1, 0.15) is 0 Å². The minimum Gasteiger partial charge on any atom is -0.310 e. The third-order valence-corrected chi connectivity index (χ3v) is 9.97. The molecule has 1 heterocycles. The van der Waals surface area contributed by atoms with Gasteiger partial charge < -0.3 is 4.90 Å². The van der Waals surface area contributed by atoms with Crippen molar-refractivity contribution in [3.8, 4) is 11.1 Å². The van der Waals surface area contributed by atoms with Gasteiger partial charge in [-0.1, -0.05) is 127 Å². The first kappa shape index (κ1) is 25.1. The van der Waals surface area contributed by atoms with E-state index in [-0.39, 0.29) is 0 Å². The molecule has 1 nitrogen and oxygen atoms in total. The first-order valence-electron chi connectivity index (χ1n) is 15.0. The maximum absolute atomic E-state index is 2.44. The Bertz CT molecular complexity index is 2490. The number of rotatable bonds is 4. The molecule has 0 fully saturated rings. The lowest BCUT2D eigenvalue weighted by atomic mass is 9.95. The summed E-state index contributed by atoms with van der Waals surface area (Å²) in [5, 5.41) is 10.2. The molecular weight excluding hydrogens is 551 g/mol. The molecule has 206 valence electrons. The standard InChI is InChI=1S/C42H27NS/c1-2-9-28(10-3-1)29-17-21-32(22-18-29)43(33-23-26-37-36-14-6-7-16-40(36)44-41(37)27-33)39-15-8-12-31-20-24-35-34-13-5-4-11-30(34)19-25-38(35)42(31)39/h1-27H. The monoisotopic (exact) mass is 577 g/mol. The summed E-state index contributed by atoms with van der Waals surface area (Å²) < 4.78 is 2.62. The van der Waals surface area contributed by atoms with Crippen molar-refractivity contribution in [2.24, 2.45) is 0 Å². The van der Waals surface area contributed by atoms with Gasteiger partial charge in [0, 0.05) is 36.9 Å². The van der Waals surface area contributed by atoms with Crippen molar-refractivity contribution in [3.63, 3.8) is 0 Å². The third kappa shape index (κ3) is 4.00. The van der Waals surface area contributed by atoms with Crippen LogP contribution in [0.4, 0.5) is 17.1 Å². The van der Waals surface area contributed by atoms with E-state index in [4.69, 9.17) is 0 Å². The van der Waals surface area contributed by atoms with Crippen molar-refractivity contribution in [3.05, 3.63) is 164 Å². The molecule has 0 radical (unpaired) electrons.